The number of sulfonamides is 1. The van der Waals surface area contributed by atoms with Gasteiger partial charge in [0.2, 0.25) is 10.0 Å². The fourth-order valence-corrected chi connectivity index (χ4v) is 2.85. The summed E-state index contributed by atoms with van der Waals surface area (Å²) in [6.45, 7) is 1.87. The number of anilines is 1. The molecule has 1 aromatic heterocycles. The largest absolute Gasteiger partial charge is 0.497 e. The Bertz CT molecular complexity index is 1080. The molecule has 0 atom stereocenters. The zero-order chi connectivity index (χ0) is 18.7. The number of hydrogen-bond acceptors (Lipinski definition) is 6. The minimum atomic E-state index is -3.75. The van der Waals surface area contributed by atoms with Crippen LogP contribution in [0.1, 0.15) is 12.5 Å². The molecule has 0 fully saturated rings. The van der Waals surface area contributed by atoms with Crippen LogP contribution in [0.4, 0.5) is 5.82 Å². The normalized spacial score (nSPS) is 12.2. The topological polar surface area (TPSA) is 107 Å². The number of benzene rings is 2. The second-order valence-corrected chi connectivity index (χ2v) is 7.22. The van der Waals surface area contributed by atoms with E-state index < -0.39 is 10.0 Å². The number of primary sulfonamides is 1. The molecule has 0 amide bonds. The number of fused-ring (bicyclic) bond motifs is 1. The Morgan fingerprint density at radius 2 is 1.85 bits per heavy atom. The Kier molecular flexibility index (Phi) is 4.88. The summed E-state index contributed by atoms with van der Waals surface area (Å²) in [4.78, 5) is 3.94. The van der Waals surface area contributed by atoms with E-state index in [0.717, 1.165) is 27.8 Å². The van der Waals surface area contributed by atoms with Gasteiger partial charge in [-0.25, -0.2) is 18.5 Å². The molecule has 0 bridgehead atoms. The van der Waals surface area contributed by atoms with Crippen LogP contribution in [-0.2, 0) is 10.0 Å². The van der Waals surface area contributed by atoms with E-state index in [1.165, 1.54) is 18.3 Å². The summed E-state index contributed by atoms with van der Waals surface area (Å²) in [5.41, 5.74) is 4.53. The zero-order valence-electron chi connectivity index (χ0n) is 14.3. The smallest absolute Gasteiger partial charge is 0.239 e. The van der Waals surface area contributed by atoms with Crippen molar-refractivity contribution in [3.8, 4) is 5.75 Å². The predicted molar refractivity (Wildman–Crippen MR) is 102 cm³/mol. The number of pyridine rings is 1. The van der Waals surface area contributed by atoms with Crippen LogP contribution in [0, 0.1) is 0 Å². The number of methoxy groups -OCH3 is 1. The van der Waals surface area contributed by atoms with Crippen LogP contribution in [0.5, 0.6) is 5.75 Å². The SMILES string of the molecule is COc1ccc2cc(/C(C)=N/Nc3ccc(S(N)(=O)=O)cn3)ccc2c1. The molecule has 0 aliphatic rings. The number of rotatable bonds is 5. The summed E-state index contributed by atoms with van der Waals surface area (Å²) in [6.07, 6.45) is 1.19. The van der Waals surface area contributed by atoms with Crippen molar-refractivity contribution in [3.63, 3.8) is 0 Å². The molecule has 0 spiro atoms. The Hall–Kier alpha value is -2.97. The van der Waals surface area contributed by atoms with Gasteiger partial charge < -0.3 is 4.74 Å². The summed E-state index contributed by atoms with van der Waals surface area (Å²) in [6, 6.07) is 14.8. The van der Waals surface area contributed by atoms with Gasteiger partial charge in [0.05, 0.1) is 12.8 Å². The molecule has 0 saturated carbocycles. The molecule has 8 heteroatoms. The van der Waals surface area contributed by atoms with Crippen molar-refractivity contribution in [1.82, 2.24) is 4.98 Å². The zero-order valence-corrected chi connectivity index (χ0v) is 15.1. The van der Waals surface area contributed by atoms with Gasteiger partial charge >= 0.3 is 0 Å². The van der Waals surface area contributed by atoms with Gasteiger partial charge in [-0.15, -0.1) is 0 Å². The van der Waals surface area contributed by atoms with Gasteiger partial charge in [-0.1, -0.05) is 18.2 Å². The molecule has 3 aromatic rings. The van der Waals surface area contributed by atoms with Crippen LogP contribution in [0.25, 0.3) is 10.8 Å². The molecule has 2 aromatic carbocycles. The lowest BCUT2D eigenvalue weighted by Crippen LogP contribution is -2.12. The Morgan fingerprint density at radius 1 is 1.12 bits per heavy atom. The van der Waals surface area contributed by atoms with Crippen molar-refractivity contribution in [1.29, 1.82) is 0 Å². The number of hydrogen-bond donors (Lipinski definition) is 2. The summed E-state index contributed by atoms with van der Waals surface area (Å²) < 4.78 is 27.7. The molecule has 3 N–H and O–H groups in total. The maximum Gasteiger partial charge on any atom is 0.239 e. The van der Waals surface area contributed by atoms with Crippen LogP contribution in [-0.4, -0.2) is 26.2 Å². The number of nitrogens with zero attached hydrogens (tertiary/aromatic N) is 2. The van der Waals surface area contributed by atoms with Crippen LogP contribution >= 0.6 is 0 Å². The van der Waals surface area contributed by atoms with Crippen molar-refractivity contribution in [2.45, 2.75) is 11.8 Å². The minimum absolute atomic E-state index is 0.0475. The first kappa shape index (κ1) is 17.8. The van der Waals surface area contributed by atoms with Crippen molar-refractivity contribution < 1.29 is 13.2 Å². The van der Waals surface area contributed by atoms with Gasteiger partial charge in [0.1, 0.15) is 16.5 Å². The fourth-order valence-electron chi connectivity index (χ4n) is 2.40. The van der Waals surface area contributed by atoms with E-state index in [-0.39, 0.29) is 4.90 Å². The standard InChI is InChI=1S/C18H18N4O3S/c1-12(21-22-18-8-7-17(11-20-18)26(19,23)24)13-3-4-15-10-16(25-2)6-5-14(15)9-13/h3-11H,1-2H3,(H,20,22)(H2,19,23,24)/b21-12+. The maximum atomic E-state index is 11.2. The summed E-state index contributed by atoms with van der Waals surface area (Å²) >= 11 is 0. The third kappa shape index (κ3) is 3.98. The number of nitrogens with two attached hydrogens (primary N) is 1. The molecule has 0 aliphatic carbocycles. The first-order valence-corrected chi connectivity index (χ1v) is 9.29. The van der Waals surface area contributed by atoms with E-state index in [9.17, 15) is 8.42 Å². The van der Waals surface area contributed by atoms with Gasteiger partial charge in [0, 0.05) is 6.20 Å². The predicted octanol–water partition coefficient (Wildman–Crippen LogP) is 2.73. The highest BCUT2D eigenvalue weighted by Gasteiger charge is 2.07. The Morgan fingerprint density at radius 3 is 2.50 bits per heavy atom. The second kappa shape index (κ2) is 7.11. The molecule has 7 nitrogen and oxygen atoms in total. The van der Waals surface area contributed by atoms with Crippen molar-refractivity contribution in [2.75, 3.05) is 12.5 Å². The van der Waals surface area contributed by atoms with E-state index in [2.05, 4.69) is 15.5 Å². The molecular weight excluding hydrogens is 352 g/mol. The molecular formula is C18H18N4O3S. The molecule has 134 valence electrons. The molecule has 1 heterocycles. The van der Waals surface area contributed by atoms with Gasteiger partial charge in [0.25, 0.3) is 0 Å². The summed E-state index contributed by atoms with van der Waals surface area (Å²) in [5.74, 6) is 1.23. The van der Waals surface area contributed by atoms with Crippen LogP contribution < -0.4 is 15.3 Å². The number of nitrogens with one attached hydrogen (secondary N) is 1. The minimum Gasteiger partial charge on any atom is -0.497 e. The van der Waals surface area contributed by atoms with Crippen LogP contribution in [0.2, 0.25) is 0 Å². The molecule has 0 unspecified atom stereocenters. The van der Waals surface area contributed by atoms with E-state index in [0.29, 0.717) is 5.82 Å². The highest BCUT2D eigenvalue weighted by Crippen LogP contribution is 2.22. The monoisotopic (exact) mass is 370 g/mol. The second-order valence-electron chi connectivity index (χ2n) is 5.66. The lowest BCUT2D eigenvalue weighted by atomic mass is 10.0. The molecule has 0 aliphatic heterocycles. The third-order valence-electron chi connectivity index (χ3n) is 3.87. The maximum absolute atomic E-state index is 11.2. The van der Waals surface area contributed by atoms with E-state index in [4.69, 9.17) is 9.88 Å². The van der Waals surface area contributed by atoms with E-state index >= 15 is 0 Å². The lowest BCUT2D eigenvalue weighted by Gasteiger charge is -2.06. The van der Waals surface area contributed by atoms with Crippen LogP contribution in [0.15, 0.2) is 64.7 Å². The number of hydrazone groups is 1. The van der Waals surface area contributed by atoms with Gasteiger partial charge in [0.15, 0.2) is 0 Å². The van der Waals surface area contributed by atoms with E-state index in [1.54, 1.807) is 7.11 Å². The van der Waals surface area contributed by atoms with Gasteiger partial charge in [-0.05, 0) is 53.6 Å². The third-order valence-corrected chi connectivity index (χ3v) is 4.77. The van der Waals surface area contributed by atoms with Crippen molar-refractivity contribution in [2.24, 2.45) is 10.2 Å². The first-order chi connectivity index (χ1) is 12.4. The highest BCUT2D eigenvalue weighted by atomic mass is 32.2. The average Bonchev–Trinajstić information content (AvgIpc) is 2.64. The van der Waals surface area contributed by atoms with Crippen LogP contribution in [0.3, 0.4) is 0 Å². The highest BCUT2D eigenvalue weighted by molar-refractivity contribution is 7.89. The fraction of sp³-hybridized carbons (Fsp3) is 0.111. The average molecular weight is 370 g/mol. The molecule has 3 rings (SSSR count). The molecule has 0 saturated heterocycles. The Balaban J connectivity index is 1.80. The van der Waals surface area contributed by atoms with Gasteiger partial charge in [-0.2, -0.15) is 5.10 Å². The summed E-state index contributed by atoms with van der Waals surface area (Å²) in [5, 5.41) is 11.5. The van der Waals surface area contributed by atoms with Gasteiger partial charge in [-0.3, -0.25) is 5.43 Å². The quantitative estimate of drug-likeness (QED) is 0.530. The summed E-state index contributed by atoms with van der Waals surface area (Å²) in [7, 11) is -2.11. The lowest BCUT2D eigenvalue weighted by molar-refractivity contribution is 0.415. The van der Waals surface area contributed by atoms with E-state index in [1.807, 2.05) is 43.3 Å². The van der Waals surface area contributed by atoms with Crippen molar-refractivity contribution in [3.05, 3.63) is 60.3 Å². The molecule has 26 heavy (non-hydrogen) atoms. The Labute approximate surface area is 151 Å². The molecule has 0 radical (unpaired) electrons. The number of ether oxygens (including phenoxy) is 1. The first-order valence-electron chi connectivity index (χ1n) is 7.74. The number of aromatic nitrogens is 1. The van der Waals surface area contributed by atoms with Crippen molar-refractivity contribution >= 4 is 32.3 Å².